The third kappa shape index (κ3) is 11.5. The molecule has 0 amide bonds. The summed E-state index contributed by atoms with van der Waals surface area (Å²) < 4.78 is 14.4. The molecule has 0 saturated carbocycles. The van der Waals surface area contributed by atoms with Crippen LogP contribution in [0.5, 0.6) is 0 Å². The van der Waals surface area contributed by atoms with Gasteiger partial charge in [-0.1, -0.05) is 24.6 Å². The number of rotatable bonds is 13. The third-order valence-electron chi connectivity index (χ3n) is 5.54. The number of hydrogen-bond acceptors (Lipinski definition) is 10. The molecule has 1 heterocycles. The fourth-order valence-corrected chi connectivity index (χ4v) is 4.26. The monoisotopic (exact) mass is 525 g/mol. The fourth-order valence-electron chi connectivity index (χ4n) is 3.44. The van der Waals surface area contributed by atoms with Crippen molar-refractivity contribution < 1.29 is 33.4 Å². The predicted octanol–water partition coefficient (Wildman–Crippen LogP) is 4.37. The lowest BCUT2D eigenvalue weighted by Crippen LogP contribution is -2.33. The molecule has 1 saturated heterocycles. The average molecular weight is 526 g/mol. The van der Waals surface area contributed by atoms with Crippen LogP contribution in [0.15, 0.2) is 30.3 Å². The van der Waals surface area contributed by atoms with E-state index < -0.39 is 34.7 Å². The highest BCUT2D eigenvalue weighted by atomic mass is 32.2. The van der Waals surface area contributed by atoms with Crippen LogP contribution in [0.25, 0.3) is 0 Å². The molecule has 8 nitrogen and oxygen atoms in total. The number of Topliss-reactive ketones (excluding diaryl/α,β-unsaturated/α-hetero) is 1. The van der Waals surface area contributed by atoms with E-state index in [2.05, 4.69) is 17.5 Å². The minimum Gasteiger partial charge on any atom is -0.465 e. The molecule has 1 aromatic carbocycles. The van der Waals surface area contributed by atoms with Crippen LogP contribution in [0.2, 0.25) is 0 Å². The van der Waals surface area contributed by atoms with Crippen LogP contribution in [-0.4, -0.2) is 71.5 Å². The van der Waals surface area contributed by atoms with Gasteiger partial charge in [0.15, 0.2) is 0 Å². The van der Waals surface area contributed by atoms with Gasteiger partial charge in [-0.2, -0.15) is 12.6 Å². The number of carbonyl (C=O) groups excluding carboxylic acids is 4. The Morgan fingerprint density at radius 2 is 1.71 bits per heavy atom. The van der Waals surface area contributed by atoms with Crippen molar-refractivity contribution in [2.45, 2.75) is 50.7 Å². The summed E-state index contributed by atoms with van der Waals surface area (Å²) in [4.78, 5) is 51.5. The molecule has 0 aromatic heterocycles. The normalized spacial score (nSPS) is 15.2. The van der Waals surface area contributed by atoms with Gasteiger partial charge in [0.25, 0.3) is 0 Å². The molecule has 1 aliphatic rings. The molecule has 0 N–H and O–H groups in total. The molecule has 0 radical (unpaired) electrons. The van der Waals surface area contributed by atoms with Crippen LogP contribution in [0, 0.1) is 5.92 Å². The number of likely N-dealkylation sites (tertiary alicyclic amines) is 1. The van der Waals surface area contributed by atoms with E-state index in [1.165, 1.54) is 19.3 Å². The molecule has 35 heavy (non-hydrogen) atoms. The van der Waals surface area contributed by atoms with E-state index in [1.54, 1.807) is 44.2 Å². The number of thioether (sulfide) groups is 1. The minimum absolute atomic E-state index is 0.00597. The number of esters is 2. The van der Waals surface area contributed by atoms with E-state index >= 15 is 0 Å². The Balaban J connectivity index is 1.77. The molecule has 1 aliphatic heterocycles. The Morgan fingerprint density at radius 1 is 1.03 bits per heavy atom. The second kappa shape index (κ2) is 15.2. The first-order valence-corrected chi connectivity index (χ1v) is 13.3. The zero-order valence-corrected chi connectivity index (χ0v) is 22.1. The molecule has 0 aliphatic carbocycles. The highest BCUT2D eigenvalue weighted by Gasteiger charge is 2.31. The first-order chi connectivity index (χ1) is 16.7. The lowest BCUT2D eigenvalue weighted by molar-refractivity contribution is -0.149. The summed E-state index contributed by atoms with van der Waals surface area (Å²) in [6.07, 6.45) is 4.28. The minimum atomic E-state index is -0.913. The number of piperidine rings is 1. The molecule has 1 atom stereocenters. The summed E-state index contributed by atoms with van der Waals surface area (Å²) in [6, 6.07) is 8.32. The van der Waals surface area contributed by atoms with E-state index in [9.17, 15) is 19.2 Å². The third-order valence-corrected chi connectivity index (χ3v) is 6.71. The topological polar surface area (TPSA) is 99.2 Å². The lowest BCUT2D eigenvalue weighted by Gasteiger charge is -2.26. The van der Waals surface area contributed by atoms with Crippen molar-refractivity contribution in [1.82, 2.24) is 4.90 Å². The Labute approximate surface area is 216 Å². The maximum absolute atomic E-state index is 12.7. The second-order valence-electron chi connectivity index (χ2n) is 8.93. The van der Waals surface area contributed by atoms with Crippen LogP contribution in [-0.2, 0) is 23.8 Å². The predicted molar refractivity (Wildman–Crippen MR) is 138 cm³/mol. The van der Waals surface area contributed by atoms with Gasteiger partial charge in [-0.3, -0.25) is 9.59 Å². The number of ether oxygens (including phenoxy) is 3. The van der Waals surface area contributed by atoms with E-state index in [0.717, 1.165) is 31.4 Å². The molecule has 194 valence electrons. The molecule has 0 spiro atoms. The Morgan fingerprint density at radius 3 is 2.37 bits per heavy atom. The van der Waals surface area contributed by atoms with Gasteiger partial charge >= 0.3 is 17.2 Å². The number of nitrogens with zero attached hydrogens (tertiary/aromatic N) is 1. The van der Waals surface area contributed by atoms with Crippen LogP contribution in [0.3, 0.4) is 0 Å². The van der Waals surface area contributed by atoms with Gasteiger partial charge in [0.2, 0.25) is 6.79 Å². The van der Waals surface area contributed by atoms with Crippen molar-refractivity contribution >= 4 is 47.4 Å². The summed E-state index contributed by atoms with van der Waals surface area (Å²) in [5.74, 6) is -2.16. The maximum atomic E-state index is 12.7. The Hall–Kier alpha value is -2.04. The molecule has 1 aromatic rings. The summed E-state index contributed by atoms with van der Waals surface area (Å²) in [5.41, 5.74) is 0.340. The first-order valence-electron chi connectivity index (χ1n) is 11.8. The van der Waals surface area contributed by atoms with Crippen molar-refractivity contribution in [3.63, 3.8) is 0 Å². The Kier molecular flexibility index (Phi) is 12.6. The maximum Gasteiger partial charge on any atom is 0.370 e. The van der Waals surface area contributed by atoms with Crippen LogP contribution >= 0.6 is 24.4 Å². The zero-order chi connectivity index (χ0) is 25.7. The number of hydrogen-bond donors (Lipinski definition) is 1. The van der Waals surface area contributed by atoms with Gasteiger partial charge in [-0.25, -0.2) is 9.59 Å². The summed E-state index contributed by atoms with van der Waals surface area (Å²) in [7, 11) is 0. The van der Waals surface area contributed by atoms with E-state index in [4.69, 9.17) is 14.2 Å². The van der Waals surface area contributed by atoms with Gasteiger partial charge in [-0.05, 0) is 70.1 Å². The van der Waals surface area contributed by atoms with Crippen molar-refractivity contribution in [2.24, 2.45) is 5.92 Å². The number of benzene rings is 1. The lowest BCUT2D eigenvalue weighted by atomic mass is 9.97. The number of carbonyl (C=O) groups is 4. The summed E-state index contributed by atoms with van der Waals surface area (Å²) in [5, 5.41) is -0.716. The molecular formula is C25H35NO7S2. The second-order valence-corrected chi connectivity index (χ2v) is 11.0. The largest absolute Gasteiger partial charge is 0.465 e. The van der Waals surface area contributed by atoms with Gasteiger partial charge in [0.1, 0.15) is 5.78 Å². The standard InChI is InChI=1S/C25H35NO7S2/c1-25(2,34)21(27)16-20(23(29)31-15-9-14-26-12-7-4-8-13-26)17-35-24(30)33-18-32-22(28)19-10-5-3-6-11-19/h3,5-6,10-11,20,34H,4,7-9,12-18H2,1-2H3/t20-/m0/s1. The van der Waals surface area contributed by atoms with E-state index in [1.807, 2.05) is 0 Å². The smallest absolute Gasteiger partial charge is 0.370 e. The van der Waals surface area contributed by atoms with Crippen LogP contribution in [0.4, 0.5) is 4.79 Å². The SMILES string of the molecule is CC(C)(S)C(=O)C[C@@H](CSC(=O)OCOC(=O)c1ccccc1)C(=O)OCCCN1CCCCC1. The molecule has 1 fully saturated rings. The van der Waals surface area contributed by atoms with Crippen molar-refractivity contribution in [1.29, 1.82) is 0 Å². The highest BCUT2D eigenvalue weighted by Crippen LogP contribution is 2.23. The van der Waals surface area contributed by atoms with Gasteiger partial charge in [-0.15, -0.1) is 0 Å². The van der Waals surface area contributed by atoms with Gasteiger partial charge in [0.05, 0.1) is 22.8 Å². The van der Waals surface area contributed by atoms with Gasteiger partial charge in [0, 0.05) is 18.7 Å². The van der Waals surface area contributed by atoms with Crippen molar-refractivity contribution in [3.8, 4) is 0 Å². The average Bonchev–Trinajstić information content (AvgIpc) is 2.84. The molecular weight excluding hydrogens is 490 g/mol. The summed E-state index contributed by atoms with van der Waals surface area (Å²) >= 11 is 5.02. The number of thiol groups is 1. The molecule has 0 unspecified atom stereocenters. The fraction of sp³-hybridized carbons (Fsp3) is 0.600. The molecule has 0 bridgehead atoms. The van der Waals surface area contributed by atoms with Crippen LogP contribution in [0.1, 0.15) is 56.3 Å². The number of ketones is 1. The van der Waals surface area contributed by atoms with Gasteiger partial charge < -0.3 is 19.1 Å². The van der Waals surface area contributed by atoms with E-state index in [0.29, 0.717) is 12.0 Å². The Bertz CT molecular complexity index is 836. The van der Waals surface area contributed by atoms with Crippen molar-refractivity contribution in [3.05, 3.63) is 35.9 Å². The molecule has 10 heteroatoms. The first kappa shape index (κ1) is 29.2. The highest BCUT2D eigenvalue weighted by molar-refractivity contribution is 8.13. The van der Waals surface area contributed by atoms with Crippen molar-refractivity contribution in [2.75, 3.05) is 38.8 Å². The quantitative estimate of drug-likeness (QED) is 0.174. The zero-order valence-electron chi connectivity index (χ0n) is 20.4. The summed E-state index contributed by atoms with van der Waals surface area (Å²) in [6.45, 7) is 6.03. The van der Waals surface area contributed by atoms with Crippen LogP contribution < -0.4 is 0 Å². The van der Waals surface area contributed by atoms with E-state index in [-0.39, 0.29) is 24.6 Å². The molecule has 2 rings (SSSR count).